The first-order chi connectivity index (χ1) is 17.5. The first-order valence-corrected chi connectivity index (χ1v) is 21.0. The molecule has 0 N–H and O–H groups in total. The minimum absolute atomic E-state index is 0. The molecular weight excluding hydrogens is 599 g/mol. The Morgan fingerprint density at radius 3 is 1.29 bits per heavy atom. The zero-order valence-electron chi connectivity index (χ0n) is 22.3. The van der Waals surface area contributed by atoms with E-state index in [1.807, 2.05) is 0 Å². The number of hydrogen-bond donors (Lipinski definition) is 0. The van der Waals surface area contributed by atoms with Crippen LogP contribution in [0.15, 0.2) is 108 Å². The molecule has 0 aliphatic heterocycles. The van der Waals surface area contributed by atoms with Crippen molar-refractivity contribution in [1.29, 1.82) is 0 Å². The van der Waals surface area contributed by atoms with E-state index in [-0.39, 0.29) is 24.8 Å². The van der Waals surface area contributed by atoms with E-state index in [1.165, 1.54) is 22.3 Å². The minimum Gasteiger partial charge on any atom is -1.00 e. The molecule has 4 aromatic rings. The van der Waals surface area contributed by atoms with E-state index in [0.29, 0.717) is 7.25 Å². The van der Waals surface area contributed by atoms with Gasteiger partial charge in [-0.25, -0.2) is 0 Å². The summed E-state index contributed by atoms with van der Waals surface area (Å²) in [4.78, 5) is 0. The number of halogens is 2. The molecule has 0 saturated heterocycles. The van der Waals surface area contributed by atoms with Crippen LogP contribution in [0.3, 0.4) is 0 Å². The molecule has 0 fully saturated rings. The van der Waals surface area contributed by atoms with Gasteiger partial charge in [0, 0.05) is 0 Å². The van der Waals surface area contributed by atoms with E-state index in [9.17, 15) is 0 Å². The van der Waals surface area contributed by atoms with Crippen molar-refractivity contribution in [2.75, 3.05) is 0 Å². The molecule has 0 aromatic heterocycles. The van der Waals surface area contributed by atoms with Gasteiger partial charge in [-0.2, -0.15) is 0 Å². The smallest absolute Gasteiger partial charge is 1.00 e. The Hall–Kier alpha value is -1.96. The van der Waals surface area contributed by atoms with E-state index in [4.69, 9.17) is 0 Å². The molecule has 0 heterocycles. The first kappa shape index (κ1) is 29.0. The molecule has 0 amide bonds. The van der Waals surface area contributed by atoms with Crippen LogP contribution >= 0.6 is 0 Å². The third kappa shape index (κ3) is 5.02. The largest absolute Gasteiger partial charge is 1.00 e. The van der Waals surface area contributed by atoms with Crippen molar-refractivity contribution in [1.82, 2.24) is 0 Å². The van der Waals surface area contributed by atoms with Crippen molar-refractivity contribution in [3.05, 3.63) is 142 Å². The second-order valence-electron chi connectivity index (χ2n) is 10.4. The fourth-order valence-electron chi connectivity index (χ4n) is 6.41. The molecule has 6 rings (SSSR count). The van der Waals surface area contributed by atoms with Crippen molar-refractivity contribution < 1.29 is 45.2 Å². The third-order valence-electron chi connectivity index (χ3n) is 8.03. The first-order valence-electron chi connectivity index (χ1n) is 12.9. The van der Waals surface area contributed by atoms with Gasteiger partial charge in [-0.05, 0) is 0 Å². The third-order valence-corrected chi connectivity index (χ3v) is 29.2. The number of aryl methyl sites for hydroxylation is 2. The zero-order chi connectivity index (χ0) is 24.8. The summed E-state index contributed by atoms with van der Waals surface area (Å²) in [6, 6.07) is 37.1. The molecule has 4 heteroatoms. The molecule has 2 atom stereocenters. The van der Waals surface area contributed by atoms with Crippen LogP contribution in [-0.4, -0.2) is 5.43 Å². The number of fused-ring (bicyclic) bond motifs is 2. The molecule has 190 valence electrons. The fourth-order valence-corrected chi connectivity index (χ4v) is 31.7. The normalized spacial score (nSPS) is 16.6. The summed E-state index contributed by atoms with van der Waals surface area (Å²) in [5.74, 6) is 0. The van der Waals surface area contributed by atoms with Crippen LogP contribution in [0.5, 0.6) is 0 Å². The average molecular weight is 631 g/mol. The number of benzene rings is 4. The minimum atomic E-state index is -2.42. The summed E-state index contributed by atoms with van der Waals surface area (Å²) >= 11 is -2.42. The number of rotatable bonds is 4. The van der Waals surface area contributed by atoms with Crippen molar-refractivity contribution >= 4 is 28.0 Å². The van der Waals surface area contributed by atoms with Gasteiger partial charge >= 0.3 is 225 Å². The molecule has 38 heavy (non-hydrogen) atoms. The molecule has 2 aliphatic carbocycles. The second-order valence-corrected chi connectivity index (χ2v) is 24.4. The summed E-state index contributed by atoms with van der Waals surface area (Å²) in [5, 5.41) is 3.18. The van der Waals surface area contributed by atoms with E-state index >= 15 is 0 Å². The van der Waals surface area contributed by atoms with Crippen LogP contribution in [-0.2, 0) is 20.4 Å². The van der Waals surface area contributed by atoms with Crippen LogP contribution < -0.4 is 35.2 Å². The Labute approximate surface area is 247 Å². The van der Waals surface area contributed by atoms with Gasteiger partial charge in [0.1, 0.15) is 0 Å². The summed E-state index contributed by atoms with van der Waals surface area (Å²) in [6.45, 7) is 9.41. The quantitative estimate of drug-likeness (QED) is 0.299. The second kappa shape index (κ2) is 12.1. The molecule has 0 radical (unpaired) electrons. The van der Waals surface area contributed by atoms with Crippen LogP contribution in [0.1, 0.15) is 54.5 Å². The van der Waals surface area contributed by atoms with E-state index in [0.717, 1.165) is 0 Å². The molecule has 0 spiro atoms. The van der Waals surface area contributed by atoms with Gasteiger partial charge in [-0.15, -0.1) is 0 Å². The molecule has 2 unspecified atom stereocenters. The maximum absolute atomic E-state index is 2.52. The maximum atomic E-state index is 2.52. The molecular formula is C34H32Cl2SiZr. The van der Waals surface area contributed by atoms with Crippen LogP contribution in [0.25, 0.3) is 12.2 Å². The summed E-state index contributed by atoms with van der Waals surface area (Å²) in [6.07, 6.45) is 5.05. The SMILES string of the molecule is CC1=Cc2c(C)cccc2[CH]1[Zr+2]([CH]1C(C)=Cc2c(C)cccc21)=[Si](c1ccccc1)c1ccccc1.[Cl-].[Cl-]. The Morgan fingerprint density at radius 2 is 0.895 bits per heavy atom. The number of allylic oxidation sites excluding steroid dienone is 2. The molecule has 4 aromatic carbocycles. The van der Waals surface area contributed by atoms with Gasteiger partial charge in [-0.1, -0.05) is 0 Å². The van der Waals surface area contributed by atoms with Crippen molar-refractivity contribution in [3.63, 3.8) is 0 Å². The van der Waals surface area contributed by atoms with Crippen LogP contribution in [0, 0.1) is 13.8 Å². The van der Waals surface area contributed by atoms with Gasteiger partial charge < -0.3 is 24.8 Å². The van der Waals surface area contributed by atoms with Gasteiger partial charge in [0.15, 0.2) is 0 Å². The van der Waals surface area contributed by atoms with Crippen LogP contribution in [0.4, 0.5) is 0 Å². The summed E-state index contributed by atoms with van der Waals surface area (Å²) < 4.78 is 1.19. The maximum Gasteiger partial charge on any atom is -1.00 e. The monoisotopic (exact) mass is 628 g/mol. The Morgan fingerprint density at radius 1 is 0.500 bits per heavy atom. The van der Waals surface area contributed by atoms with Gasteiger partial charge in [0.2, 0.25) is 0 Å². The van der Waals surface area contributed by atoms with E-state index in [2.05, 4.69) is 137 Å². The van der Waals surface area contributed by atoms with Crippen LogP contribution in [0.2, 0.25) is 0 Å². The molecule has 0 bridgehead atoms. The zero-order valence-corrected chi connectivity index (χ0v) is 27.3. The van der Waals surface area contributed by atoms with Crippen molar-refractivity contribution in [3.8, 4) is 0 Å². The molecule has 0 nitrogen and oxygen atoms in total. The fraction of sp³-hybridized carbons (Fsp3) is 0.176. The van der Waals surface area contributed by atoms with Gasteiger partial charge in [-0.3, -0.25) is 0 Å². The molecule has 2 aliphatic rings. The summed E-state index contributed by atoms with van der Waals surface area (Å²) in [7, 11) is 0. The Balaban J connectivity index is 0.00000168. The van der Waals surface area contributed by atoms with E-state index in [1.54, 1.807) is 32.6 Å². The standard InChI is InChI=1S/C12H10Si.2C11H11.2ClH.Zr/c1-3-7-11(8-4-1)13-12-9-5-2-6-10-12;2*1-8-6-10-5-3-4-9(2)11(10)7-8;;;/h1-10H;2*3-7H,1-2H3;2*1H;/q;;;;;+2/p-2. The Bertz CT molecular complexity index is 1450. The van der Waals surface area contributed by atoms with Crippen molar-refractivity contribution in [2.24, 2.45) is 0 Å². The van der Waals surface area contributed by atoms with Crippen molar-refractivity contribution in [2.45, 2.75) is 34.9 Å². The van der Waals surface area contributed by atoms with Gasteiger partial charge in [0.05, 0.1) is 0 Å². The predicted octanol–water partition coefficient (Wildman–Crippen LogP) is 1.35. The number of hydrogen-bond acceptors (Lipinski definition) is 0. The molecule has 0 saturated carbocycles. The van der Waals surface area contributed by atoms with E-state index < -0.39 is 25.8 Å². The average Bonchev–Trinajstić information content (AvgIpc) is 3.41. The van der Waals surface area contributed by atoms with Gasteiger partial charge in [0.25, 0.3) is 0 Å². The Kier molecular flexibility index (Phi) is 9.21. The summed E-state index contributed by atoms with van der Waals surface area (Å²) in [5.41, 5.74) is 11.2. The predicted molar refractivity (Wildman–Crippen MR) is 153 cm³/mol. The topological polar surface area (TPSA) is 0 Å².